The Balaban J connectivity index is 1.42. The van der Waals surface area contributed by atoms with Gasteiger partial charge in [-0.25, -0.2) is 4.98 Å². The third kappa shape index (κ3) is 3.29. The summed E-state index contributed by atoms with van der Waals surface area (Å²) < 4.78 is 39.8. The van der Waals surface area contributed by atoms with Gasteiger partial charge in [0.1, 0.15) is 6.61 Å². The molecule has 3 aromatic rings. The normalized spacial score (nSPS) is 16.6. The first-order valence-corrected chi connectivity index (χ1v) is 9.00. The number of sulfonamides is 1. The summed E-state index contributed by atoms with van der Waals surface area (Å²) in [6.45, 7) is 0.826. The second-order valence-electron chi connectivity index (χ2n) is 5.47. The molecule has 0 amide bonds. The molecule has 0 bridgehead atoms. The number of nitrogens with one attached hydrogen (secondary N) is 2. The molecule has 1 aliphatic heterocycles. The summed E-state index contributed by atoms with van der Waals surface area (Å²) in [5.41, 5.74) is 0.353. The number of aromatic amines is 1. The highest BCUT2D eigenvalue weighted by molar-refractivity contribution is 7.92. The molecule has 3 heterocycles. The molecule has 10 heteroatoms. The number of nitrogens with zero attached hydrogens (tertiary/aromatic N) is 3. The highest BCUT2D eigenvalue weighted by Gasteiger charge is 2.22. The van der Waals surface area contributed by atoms with Crippen LogP contribution in [0, 0.1) is 0 Å². The molecule has 2 N–H and O–H groups in total. The number of hydrogen-bond acceptors (Lipinski definition) is 6. The number of hydrogen-bond donors (Lipinski definition) is 2. The molecule has 1 unspecified atom stereocenters. The molecule has 1 atom stereocenters. The molecule has 130 valence electrons. The maximum absolute atomic E-state index is 12.1. The van der Waals surface area contributed by atoms with E-state index in [0.29, 0.717) is 30.3 Å². The van der Waals surface area contributed by atoms with Gasteiger partial charge in [-0.05, 0) is 12.1 Å². The van der Waals surface area contributed by atoms with Crippen LogP contribution in [0.15, 0.2) is 54.2 Å². The van der Waals surface area contributed by atoms with Crippen molar-refractivity contribution in [1.29, 1.82) is 0 Å². The molecule has 0 radical (unpaired) electrons. The molecule has 0 saturated carbocycles. The summed E-state index contributed by atoms with van der Waals surface area (Å²) in [4.78, 5) is 6.26. The maximum atomic E-state index is 12.1. The second-order valence-corrected chi connectivity index (χ2v) is 7.12. The Bertz CT molecular complexity index is 967. The number of para-hydroxylation sites is 2. The largest absolute Gasteiger partial charge is 0.486 e. The Morgan fingerprint density at radius 3 is 2.92 bits per heavy atom. The minimum Gasteiger partial charge on any atom is -0.486 e. The van der Waals surface area contributed by atoms with Crippen LogP contribution in [0.2, 0.25) is 0 Å². The molecular formula is C15H15N5O4S. The highest BCUT2D eigenvalue weighted by atomic mass is 32.2. The Morgan fingerprint density at radius 2 is 2.12 bits per heavy atom. The molecule has 4 rings (SSSR count). The first-order chi connectivity index (χ1) is 12.1. The van der Waals surface area contributed by atoms with Crippen LogP contribution in [0.1, 0.15) is 0 Å². The van der Waals surface area contributed by atoms with Crippen LogP contribution in [-0.2, 0) is 16.6 Å². The fourth-order valence-electron chi connectivity index (χ4n) is 2.48. The monoisotopic (exact) mass is 361 g/mol. The molecule has 9 nitrogen and oxygen atoms in total. The number of H-pyrrole nitrogens is 1. The Hall–Kier alpha value is -3.01. The number of fused-ring (bicyclic) bond motifs is 1. The van der Waals surface area contributed by atoms with Crippen molar-refractivity contribution in [2.45, 2.75) is 17.7 Å². The molecule has 0 fully saturated rings. The van der Waals surface area contributed by atoms with Gasteiger partial charge in [0, 0.05) is 6.20 Å². The molecule has 1 aliphatic rings. The van der Waals surface area contributed by atoms with Gasteiger partial charge < -0.3 is 14.5 Å². The molecular weight excluding hydrogens is 346 g/mol. The zero-order valence-corrected chi connectivity index (χ0v) is 13.8. The van der Waals surface area contributed by atoms with Crippen molar-refractivity contribution in [3.05, 3.63) is 49.2 Å². The van der Waals surface area contributed by atoms with Gasteiger partial charge >= 0.3 is 0 Å². The van der Waals surface area contributed by atoms with E-state index in [1.807, 2.05) is 24.3 Å². The molecule has 25 heavy (non-hydrogen) atoms. The number of ether oxygens (including phenoxy) is 2. The van der Waals surface area contributed by atoms with Crippen LogP contribution >= 0.6 is 0 Å². The Morgan fingerprint density at radius 1 is 1.28 bits per heavy atom. The second kappa shape index (κ2) is 6.13. The van der Waals surface area contributed by atoms with Gasteiger partial charge in [0.25, 0.3) is 10.0 Å². The van der Waals surface area contributed by atoms with E-state index in [-0.39, 0.29) is 11.1 Å². The van der Waals surface area contributed by atoms with Gasteiger partial charge in [-0.3, -0.25) is 9.40 Å². The van der Waals surface area contributed by atoms with Crippen molar-refractivity contribution in [3.63, 3.8) is 0 Å². The van der Waals surface area contributed by atoms with E-state index < -0.39 is 10.0 Å². The Kier molecular flexibility index (Phi) is 3.80. The highest BCUT2D eigenvalue weighted by Crippen LogP contribution is 2.31. The fraction of sp³-hybridized carbons (Fsp3) is 0.200. The number of rotatable bonds is 5. The van der Waals surface area contributed by atoms with Crippen molar-refractivity contribution < 1.29 is 17.9 Å². The molecule has 0 spiro atoms. The molecule has 1 aromatic carbocycles. The topological polar surface area (TPSA) is 111 Å². The predicted octanol–water partition coefficient (Wildman–Crippen LogP) is 1.25. The molecule has 2 aromatic heterocycles. The lowest BCUT2D eigenvalue weighted by Crippen LogP contribution is -2.33. The van der Waals surface area contributed by atoms with Crippen LogP contribution in [0.4, 0.5) is 5.69 Å². The Labute approximate surface area is 143 Å². The van der Waals surface area contributed by atoms with E-state index in [0.717, 1.165) is 0 Å². The fourth-order valence-corrected chi connectivity index (χ4v) is 3.41. The van der Waals surface area contributed by atoms with E-state index >= 15 is 0 Å². The lowest BCUT2D eigenvalue weighted by atomic mass is 10.2. The van der Waals surface area contributed by atoms with Crippen molar-refractivity contribution in [2.24, 2.45) is 0 Å². The minimum absolute atomic E-state index is 0.0131. The summed E-state index contributed by atoms with van der Waals surface area (Å²) >= 11 is 0. The third-order valence-electron chi connectivity index (χ3n) is 3.61. The smallest absolute Gasteiger partial charge is 0.279 e. The van der Waals surface area contributed by atoms with Crippen molar-refractivity contribution in [2.75, 3.05) is 11.3 Å². The number of imidazole rings is 1. The molecule has 0 aliphatic carbocycles. The third-order valence-corrected chi connectivity index (χ3v) is 4.91. The standard InChI is InChI=1S/C15H15N5O4S/c21-25(22,15-6-16-10-17-15)19-11-5-18-20(7-11)8-12-9-23-13-3-1-2-4-14(13)24-12/h1-7,10,12,19H,8-9H2,(H,16,17). The van der Waals surface area contributed by atoms with Crippen molar-refractivity contribution >= 4 is 15.7 Å². The summed E-state index contributed by atoms with van der Waals surface area (Å²) in [6.07, 6.45) is 5.35. The van der Waals surface area contributed by atoms with Crippen LogP contribution in [0.5, 0.6) is 11.5 Å². The number of anilines is 1. The average Bonchev–Trinajstić information content (AvgIpc) is 3.27. The summed E-state index contributed by atoms with van der Waals surface area (Å²) in [5.74, 6) is 1.40. The number of benzene rings is 1. The minimum atomic E-state index is -3.71. The first-order valence-electron chi connectivity index (χ1n) is 7.52. The van der Waals surface area contributed by atoms with Crippen LogP contribution < -0.4 is 14.2 Å². The van der Waals surface area contributed by atoms with Gasteiger partial charge in [0.15, 0.2) is 22.6 Å². The average molecular weight is 361 g/mol. The van der Waals surface area contributed by atoms with Crippen LogP contribution in [-0.4, -0.2) is 40.9 Å². The zero-order valence-electron chi connectivity index (χ0n) is 13.0. The van der Waals surface area contributed by atoms with Crippen LogP contribution in [0.25, 0.3) is 0 Å². The van der Waals surface area contributed by atoms with E-state index in [2.05, 4.69) is 19.8 Å². The van der Waals surface area contributed by atoms with Gasteiger partial charge in [-0.15, -0.1) is 0 Å². The van der Waals surface area contributed by atoms with Gasteiger partial charge in [0.2, 0.25) is 0 Å². The van der Waals surface area contributed by atoms with E-state index in [9.17, 15) is 8.42 Å². The predicted molar refractivity (Wildman–Crippen MR) is 88.0 cm³/mol. The quantitative estimate of drug-likeness (QED) is 0.707. The van der Waals surface area contributed by atoms with Crippen molar-refractivity contribution in [1.82, 2.24) is 19.7 Å². The SMILES string of the molecule is O=S(=O)(Nc1cnn(CC2COc3ccccc3O2)c1)c1cnc[nH]1. The zero-order chi connectivity index (χ0) is 17.3. The maximum Gasteiger partial charge on any atom is 0.279 e. The van der Waals surface area contributed by atoms with Crippen LogP contribution in [0.3, 0.4) is 0 Å². The first kappa shape index (κ1) is 15.5. The van der Waals surface area contributed by atoms with Gasteiger partial charge in [-0.2, -0.15) is 13.5 Å². The van der Waals surface area contributed by atoms with Crippen molar-refractivity contribution in [3.8, 4) is 11.5 Å². The van der Waals surface area contributed by atoms with Gasteiger partial charge in [0.05, 0.1) is 31.0 Å². The summed E-state index contributed by atoms with van der Waals surface area (Å²) in [7, 11) is -3.71. The number of aromatic nitrogens is 4. The van der Waals surface area contributed by atoms with E-state index in [1.54, 1.807) is 10.9 Å². The van der Waals surface area contributed by atoms with E-state index in [1.165, 1.54) is 18.7 Å². The summed E-state index contributed by atoms with van der Waals surface area (Å²) in [5, 5.41) is 4.15. The lowest BCUT2D eigenvalue weighted by molar-refractivity contribution is 0.0759. The molecule has 0 saturated heterocycles. The lowest BCUT2D eigenvalue weighted by Gasteiger charge is -2.26. The van der Waals surface area contributed by atoms with Gasteiger partial charge in [-0.1, -0.05) is 12.1 Å². The summed E-state index contributed by atoms with van der Waals surface area (Å²) in [6, 6.07) is 7.45. The van der Waals surface area contributed by atoms with E-state index in [4.69, 9.17) is 9.47 Å².